The lowest BCUT2D eigenvalue weighted by Crippen LogP contribution is -2.42. The molecule has 0 unspecified atom stereocenters. The summed E-state index contributed by atoms with van der Waals surface area (Å²) in [7, 11) is 1.56. The molecule has 5 heteroatoms. The van der Waals surface area contributed by atoms with E-state index in [1.807, 2.05) is 60.7 Å². The second kappa shape index (κ2) is 8.56. The van der Waals surface area contributed by atoms with Crippen molar-refractivity contribution in [3.05, 3.63) is 89.5 Å². The predicted octanol–water partition coefficient (Wildman–Crippen LogP) is 5.47. The normalized spacial score (nSPS) is 17.6. The molecule has 1 saturated carbocycles. The van der Waals surface area contributed by atoms with Crippen LogP contribution in [-0.4, -0.2) is 25.0 Å². The third-order valence-corrected chi connectivity index (χ3v) is 6.77. The predicted molar refractivity (Wildman–Crippen MR) is 127 cm³/mol. The molecule has 0 radical (unpaired) electrons. The molecule has 2 aliphatic rings. The minimum absolute atomic E-state index is 0.0228. The number of methoxy groups -OCH3 is 1. The molecule has 170 valence electrons. The van der Waals surface area contributed by atoms with Crippen LogP contribution in [0.2, 0.25) is 0 Å². The molecule has 3 aromatic rings. The summed E-state index contributed by atoms with van der Waals surface area (Å²) < 4.78 is 18.7. The SMILES string of the molecule is COc1c(C(=O)CNC2(C)CCCC2)ccc2c1OC(c1ccccc1)(c1ccccc1)O2. The van der Waals surface area contributed by atoms with Gasteiger partial charge in [0, 0.05) is 16.7 Å². The Hall–Kier alpha value is -3.31. The van der Waals surface area contributed by atoms with Crippen LogP contribution in [-0.2, 0) is 5.79 Å². The number of carbonyl (C=O) groups excluding carboxylic acids is 1. The van der Waals surface area contributed by atoms with Crippen molar-refractivity contribution in [3.8, 4) is 17.2 Å². The van der Waals surface area contributed by atoms with Gasteiger partial charge >= 0.3 is 5.79 Å². The maximum atomic E-state index is 13.2. The number of fused-ring (bicyclic) bond motifs is 1. The Morgan fingerprint density at radius 2 is 1.52 bits per heavy atom. The largest absolute Gasteiger partial charge is 0.492 e. The van der Waals surface area contributed by atoms with Gasteiger partial charge in [0.1, 0.15) is 0 Å². The monoisotopic (exact) mass is 443 g/mol. The molecular weight excluding hydrogens is 414 g/mol. The van der Waals surface area contributed by atoms with E-state index < -0.39 is 5.79 Å². The highest BCUT2D eigenvalue weighted by molar-refractivity contribution is 6.01. The fourth-order valence-corrected chi connectivity index (χ4v) is 4.90. The number of Topliss-reactive ketones (excluding diaryl/α,β-unsaturated/α-hetero) is 1. The zero-order valence-electron chi connectivity index (χ0n) is 19.1. The van der Waals surface area contributed by atoms with Gasteiger partial charge in [-0.2, -0.15) is 0 Å². The summed E-state index contributed by atoms with van der Waals surface area (Å²) >= 11 is 0. The fourth-order valence-electron chi connectivity index (χ4n) is 4.90. The Morgan fingerprint density at radius 1 is 0.909 bits per heavy atom. The van der Waals surface area contributed by atoms with Crippen molar-refractivity contribution in [1.82, 2.24) is 5.32 Å². The smallest absolute Gasteiger partial charge is 0.305 e. The van der Waals surface area contributed by atoms with Crippen LogP contribution in [0.1, 0.15) is 54.1 Å². The van der Waals surface area contributed by atoms with Gasteiger partial charge < -0.3 is 19.5 Å². The van der Waals surface area contributed by atoms with E-state index in [4.69, 9.17) is 14.2 Å². The Balaban J connectivity index is 1.50. The van der Waals surface area contributed by atoms with Crippen LogP contribution in [0.5, 0.6) is 17.2 Å². The number of nitrogens with one attached hydrogen (secondary N) is 1. The Bertz CT molecular complexity index is 1100. The summed E-state index contributed by atoms with van der Waals surface area (Å²) in [5.41, 5.74) is 2.23. The van der Waals surface area contributed by atoms with Gasteiger partial charge in [0.15, 0.2) is 17.3 Å². The van der Waals surface area contributed by atoms with E-state index >= 15 is 0 Å². The number of hydrogen-bond donors (Lipinski definition) is 1. The van der Waals surface area contributed by atoms with Gasteiger partial charge in [-0.25, -0.2) is 0 Å². The molecule has 5 rings (SSSR count). The summed E-state index contributed by atoms with van der Waals surface area (Å²) in [4.78, 5) is 13.2. The van der Waals surface area contributed by atoms with E-state index in [0.717, 1.165) is 24.0 Å². The van der Waals surface area contributed by atoms with Gasteiger partial charge in [-0.3, -0.25) is 4.79 Å². The summed E-state index contributed by atoms with van der Waals surface area (Å²) in [6.45, 7) is 2.45. The van der Waals surface area contributed by atoms with Gasteiger partial charge in [0.2, 0.25) is 5.75 Å². The first-order valence-corrected chi connectivity index (χ1v) is 11.5. The van der Waals surface area contributed by atoms with E-state index in [0.29, 0.717) is 22.8 Å². The van der Waals surface area contributed by atoms with Gasteiger partial charge in [-0.05, 0) is 31.9 Å². The van der Waals surface area contributed by atoms with Crippen molar-refractivity contribution in [1.29, 1.82) is 0 Å². The highest BCUT2D eigenvalue weighted by Gasteiger charge is 2.47. The maximum absolute atomic E-state index is 13.2. The summed E-state index contributed by atoms with van der Waals surface area (Å²) in [6.07, 6.45) is 4.59. The number of ketones is 1. The van der Waals surface area contributed by atoms with Crippen molar-refractivity contribution in [3.63, 3.8) is 0 Å². The summed E-state index contributed by atoms with van der Waals surface area (Å²) in [5.74, 6) is 0.220. The quantitative estimate of drug-likeness (QED) is 0.491. The van der Waals surface area contributed by atoms with Crippen LogP contribution < -0.4 is 19.5 Å². The number of benzene rings is 3. The number of ether oxygens (including phenoxy) is 3. The highest BCUT2D eigenvalue weighted by Crippen LogP contribution is 2.53. The van der Waals surface area contributed by atoms with Crippen LogP contribution in [0.4, 0.5) is 0 Å². The van der Waals surface area contributed by atoms with Crippen molar-refractivity contribution >= 4 is 5.78 Å². The number of rotatable bonds is 7. The molecular formula is C28H29NO4. The Kier molecular flexibility index (Phi) is 5.59. The maximum Gasteiger partial charge on any atom is 0.305 e. The lowest BCUT2D eigenvalue weighted by Gasteiger charge is -2.28. The molecule has 0 bridgehead atoms. The Morgan fingerprint density at radius 3 is 2.09 bits per heavy atom. The van der Waals surface area contributed by atoms with E-state index in [2.05, 4.69) is 12.2 Å². The molecule has 33 heavy (non-hydrogen) atoms. The number of carbonyl (C=O) groups is 1. The first-order valence-electron chi connectivity index (χ1n) is 11.5. The Labute approximate surface area is 194 Å². The standard InChI is InChI=1S/C28H29NO4/c1-27(17-9-10-18-27)29-19-23(30)22-15-16-24-26(25(22)31-2)33-28(32-24,20-11-5-3-6-12-20)21-13-7-4-8-14-21/h3-8,11-16,29H,9-10,17-19H2,1-2H3. The van der Waals surface area contributed by atoms with E-state index in [9.17, 15) is 4.79 Å². The van der Waals surface area contributed by atoms with Crippen molar-refractivity contribution in [2.45, 2.75) is 43.9 Å². The second-order valence-corrected chi connectivity index (χ2v) is 9.07. The molecule has 0 aromatic heterocycles. The lowest BCUT2D eigenvalue weighted by atomic mass is 9.97. The van der Waals surface area contributed by atoms with Gasteiger partial charge in [-0.1, -0.05) is 73.5 Å². The summed E-state index contributed by atoms with van der Waals surface area (Å²) in [5, 5.41) is 3.47. The minimum Gasteiger partial charge on any atom is -0.492 e. The van der Waals surface area contributed by atoms with Gasteiger partial charge in [0.05, 0.1) is 19.2 Å². The third-order valence-electron chi connectivity index (χ3n) is 6.77. The number of hydrogen-bond acceptors (Lipinski definition) is 5. The van der Waals surface area contributed by atoms with E-state index in [1.165, 1.54) is 12.8 Å². The van der Waals surface area contributed by atoms with Crippen molar-refractivity contribution in [2.24, 2.45) is 0 Å². The van der Waals surface area contributed by atoms with Crippen LogP contribution in [0, 0.1) is 0 Å². The van der Waals surface area contributed by atoms with Crippen LogP contribution in [0.15, 0.2) is 72.8 Å². The molecule has 0 atom stereocenters. The fraction of sp³-hybridized carbons (Fsp3) is 0.321. The summed E-state index contributed by atoms with van der Waals surface area (Å²) in [6, 6.07) is 23.2. The first-order chi connectivity index (χ1) is 16.0. The average Bonchev–Trinajstić information content (AvgIpc) is 3.48. The van der Waals surface area contributed by atoms with Crippen molar-refractivity contribution in [2.75, 3.05) is 13.7 Å². The van der Waals surface area contributed by atoms with E-state index in [-0.39, 0.29) is 17.9 Å². The minimum atomic E-state index is -1.16. The van der Waals surface area contributed by atoms with Gasteiger partial charge in [-0.15, -0.1) is 0 Å². The topological polar surface area (TPSA) is 56.8 Å². The van der Waals surface area contributed by atoms with Crippen LogP contribution in [0.25, 0.3) is 0 Å². The van der Waals surface area contributed by atoms with E-state index in [1.54, 1.807) is 19.2 Å². The molecule has 1 N–H and O–H groups in total. The molecule has 1 aliphatic carbocycles. The molecule has 0 saturated heterocycles. The zero-order valence-corrected chi connectivity index (χ0v) is 19.1. The second-order valence-electron chi connectivity index (χ2n) is 9.07. The highest BCUT2D eigenvalue weighted by atomic mass is 16.7. The molecule has 5 nitrogen and oxygen atoms in total. The van der Waals surface area contributed by atoms with Crippen molar-refractivity contribution < 1.29 is 19.0 Å². The third kappa shape index (κ3) is 3.87. The first kappa shape index (κ1) is 21.5. The van der Waals surface area contributed by atoms with Crippen LogP contribution >= 0.6 is 0 Å². The van der Waals surface area contributed by atoms with Crippen LogP contribution in [0.3, 0.4) is 0 Å². The molecule has 0 amide bonds. The molecule has 0 spiro atoms. The van der Waals surface area contributed by atoms with Gasteiger partial charge in [0.25, 0.3) is 0 Å². The lowest BCUT2D eigenvalue weighted by molar-refractivity contribution is -0.0467. The molecule has 1 aliphatic heterocycles. The molecule has 1 fully saturated rings. The molecule has 1 heterocycles. The zero-order chi connectivity index (χ0) is 22.9. The molecule has 3 aromatic carbocycles. The average molecular weight is 444 g/mol.